The SMILES string of the molecule is O=S(=O)(CCN1CCNCC1)N1CCCSCC1. The maximum Gasteiger partial charge on any atom is 0.215 e. The zero-order chi connectivity index (χ0) is 12.8. The van der Waals surface area contributed by atoms with E-state index >= 15 is 0 Å². The van der Waals surface area contributed by atoms with Gasteiger partial charge in [0.15, 0.2) is 0 Å². The Hall–Kier alpha value is 0.180. The molecule has 7 heteroatoms. The van der Waals surface area contributed by atoms with E-state index in [-0.39, 0.29) is 5.75 Å². The molecule has 0 bridgehead atoms. The van der Waals surface area contributed by atoms with Crippen LogP contribution in [-0.4, -0.2) is 80.7 Å². The highest BCUT2D eigenvalue weighted by Crippen LogP contribution is 2.13. The maximum atomic E-state index is 12.3. The third-order valence-corrected chi connectivity index (χ3v) is 6.35. The van der Waals surface area contributed by atoms with Gasteiger partial charge in [-0.2, -0.15) is 11.8 Å². The summed E-state index contributed by atoms with van der Waals surface area (Å²) in [6, 6.07) is 0. The summed E-state index contributed by atoms with van der Waals surface area (Å²) in [5, 5.41) is 3.28. The fourth-order valence-electron chi connectivity index (χ4n) is 2.31. The highest BCUT2D eigenvalue weighted by Gasteiger charge is 2.24. The van der Waals surface area contributed by atoms with Gasteiger partial charge in [-0.25, -0.2) is 12.7 Å². The summed E-state index contributed by atoms with van der Waals surface area (Å²) in [7, 11) is -3.05. The van der Waals surface area contributed by atoms with Crippen molar-refractivity contribution in [1.29, 1.82) is 0 Å². The van der Waals surface area contributed by atoms with E-state index in [1.54, 1.807) is 4.31 Å². The number of rotatable bonds is 4. The lowest BCUT2D eigenvalue weighted by atomic mass is 10.4. The second kappa shape index (κ2) is 7.09. The lowest BCUT2D eigenvalue weighted by Gasteiger charge is -2.28. The van der Waals surface area contributed by atoms with E-state index in [2.05, 4.69) is 10.2 Å². The Labute approximate surface area is 114 Å². The molecule has 0 unspecified atom stereocenters. The summed E-state index contributed by atoms with van der Waals surface area (Å²) in [6.45, 7) is 5.94. The summed E-state index contributed by atoms with van der Waals surface area (Å²) in [5.41, 5.74) is 0. The summed E-state index contributed by atoms with van der Waals surface area (Å²) in [5.74, 6) is 2.30. The van der Waals surface area contributed by atoms with E-state index in [0.717, 1.165) is 44.1 Å². The number of piperazine rings is 1. The molecule has 0 spiro atoms. The van der Waals surface area contributed by atoms with Crippen molar-refractivity contribution in [2.75, 3.05) is 63.1 Å². The van der Waals surface area contributed by atoms with Crippen molar-refractivity contribution in [1.82, 2.24) is 14.5 Å². The molecule has 0 atom stereocenters. The molecule has 2 aliphatic heterocycles. The van der Waals surface area contributed by atoms with Crippen molar-refractivity contribution in [2.24, 2.45) is 0 Å². The van der Waals surface area contributed by atoms with Gasteiger partial charge >= 0.3 is 0 Å². The van der Waals surface area contributed by atoms with Gasteiger partial charge in [0.2, 0.25) is 10.0 Å². The molecular weight excluding hydrogens is 270 g/mol. The molecule has 1 N–H and O–H groups in total. The van der Waals surface area contributed by atoms with Crippen molar-refractivity contribution < 1.29 is 8.42 Å². The molecule has 2 heterocycles. The minimum Gasteiger partial charge on any atom is -0.314 e. The fraction of sp³-hybridized carbons (Fsp3) is 1.00. The second-order valence-electron chi connectivity index (χ2n) is 4.77. The van der Waals surface area contributed by atoms with Crippen LogP contribution in [0.2, 0.25) is 0 Å². The van der Waals surface area contributed by atoms with Crippen LogP contribution >= 0.6 is 11.8 Å². The zero-order valence-corrected chi connectivity index (χ0v) is 12.4. The number of sulfonamides is 1. The van der Waals surface area contributed by atoms with Gasteiger partial charge < -0.3 is 5.32 Å². The molecule has 2 aliphatic rings. The molecular formula is C11H23N3O2S2. The van der Waals surface area contributed by atoms with Crippen LogP contribution in [0.4, 0.5) is 0 Å². The van der Waals surface area contributed by atoms with Gasteiger partial charge in [0.1, 0.15) is 0 Å². The molecule has 0 aliphatic carbocycles. The number of hydrogen-bond acceptors (Lipinski definition) is 5. The largest absolute Gasteiger partial charge is 0.314 e. The molecule has 0 saturated carbocycles. The number of nitrogens with one attached hydrogen (secondary N) is 1. The molecule has 0 aromatic rings. The molecule has 0 aromatic carbocycles. The number of hydrogen-bond donors (Lipinski definition) is 1. The molecule has 2 saturated heterocycles. The first-order valence-electron chi connectivity index (χ1n) is 6.67. The van der Waals surface area contributed by atoms with Gasteiger partial charge in [-0.05, 0) is 12.2 Å². The van der Waals surface area contributed by atoms with Gasteiger partial charge in [0.05, 0.1) is 5.75 Å². The Bertz CT molecular complexity index is 334. The summed E-state index contributed by atoms with van der Waals surface area (Å²) in [4.78, 5) is 2.24. The van der Waals surface area contributed by atoms with Gasteiger partial charge in [-0.3, -0.25) is 4.90 Å². The van der Waals surface area contributed by atoms with E-state index in [1.165, 1.54) is 0 Å². The third kappa shape index (κ3) is 4.38. The van der Waals surface area contributed by atoms with E-state index in [9.17, 15) is 8.42 Å². The topological polar surface area (TPSA) is 52.7 Å². The van der Waals surface area contributed by atoms with Crippen molar-refractivity contribution in [3.05, 3.63) is 0 Å². The van der Waals surface area contributed by atoms with Crippen molar-refractivity contribution in [3.8, 4) is 0 Å². The summed E-state index contributed by atoms with van der Waals surface area (Å²) < 4.78 is 26.2. The summed E-state index contributed by atoms with van der Waals surface area (Å²) >= 11 is 1.86. The minimum absolute atomic E-state index is 0.275. The predicted octanol–water partition coefficient (Wildman–Crippen LogP) is -0.340. The monoisotopic (exact) mass is 293 g/mol. The smallest absolute Gasteiger partial charge is 0.215 e. The highest BCUT2D eigenvalue weighted by atomic mass is 32.2. The maximum absolute atomic E-state index is 12.3. The molecule has 2 rings (SSSR count). The quantitative estimate of drug-likeness (QED) is 0.768. The first-order chi connectivity index (χ1) is 8.68. The van der Waals surface area contributed by atoms with Crippen LogP contribution in [0.15, 0.2) is 0 Å². The van der Waals surface area contributed by atoms with Crippen LogP contribution in [0, 0.1) is 0 Å². The van der Waals surface area contributed by atoms with Crippen LogP contribution in [0.3, 0.4) is 0 Å². The molecule has 18 heavy (non-hydrogen) atoms. The zero-order valence-electron chi connectivity index (χ0n) is 10.8. The minimum atomic E-state index is -3.05. The molecule has 0 radical (unpaired) electrons. The Morgan fingerprint density at radius 3 is 2.61 bits per heavy atom. The van der Waals surface area contributed by atoms with Crippen LogP contribution < -0.4 is 5.32 Å². The van der Waals surface area contributed by atoms with Crippen molar-refractivity contribution in [2.45, 2.75) is 6.42 Å². The van der Waals surface area contributed by atoms with E-state index in [1.807, 2.05) is 11.8 Å². The normalized spacial score (nSPS) is 24.9. The second-order valence-corrected chi connectivity index (χ2v) is 8.09. The van der Waals surface area contributed by atoms with Crippen LogP contribution in [0.5, 0.6) is 0 Å². The van der Waals surface area contributed by atoms with Crippen molar-refractivity contribution in [3.63, 3.8) is 0 Å². The fourth-order valence-corrected chi connectivity index (χ4v) is 4.84. The Balaban J connectivity index is 1.81. The van der Waals surface area contributed by atoms with Crippen LogP contribution in [0.25, 0.3) is 0 Å². The average Bonchev–Trinajstić information content (AvgIpc) is 2.67. The molecule has 2 fully saturated rings. The Kier molecular flexibility index (Phi) is 5.75. The van der Waals surface area contributed by atoms with Gasteiger partial charge in [0, 0.05) is 51.6 Å². The summed E-state index contributed by atoms with van der Waals surface area (Å²) in [6.07, 6.45) is 0.984. The first kappa shape index (κ1) is 14.6. The van der Waals surface area contributed by atoms with Gasteiger partial charge in [0.25, 0.3) is 0 Å². The molecule has 5 nitrogen and oxygen atoms in total. The average molecular weight is 293 g/mol. The number of thioether (sulfide) groups is 1. The first-order valence-corrected chi connectivity index (χ1v) is 9.43. The lowest BCUT2D eigenvalue weighted by Crippen LogP contribution is -2.46. The number of nitrogens with zero attached hydrogens (tertiary/aromatic N) is 2. The van der Waals surface area contributed by atoms with E-state index < -0.39 is 10.0 Å². The molecule has 106 valence electrons. The molecule has 0 aromatic heterocycles. The van der Waals surface area contributed by atoms with Crippen molar-refractivity contribution >= 4 is 21.8 Å². The Morgan fingerprint density at radius 1 is 1.06 bits per heavy atom. The van der Waals surface area contributed by atoms with Crippen LogP contribution in [-0.2, 0) is 10.0 Å². The van der Waals surface area contributed by atoms with Gasteiger partial charge in [-0.15, -0.1) is 0 Å². The highest BCUT2D eigenvalue weighted by molar-refractivity contribution is 7.99. The third-order valence-electron chi connectivity index (χ3n) is 3.45. The molecule has 0 amide bonds. The van der Waals surface area contributed by atoms with Crippen LogP contribution in [0.1, 0.15) is 6.42 Å². The van der Waals surface area contributed by atoms with E-state index in [4.69, 9.17) is 0 Å². The van der Waals surface area contributed by atoms with E-state index in [0.29, 0.717) is 19.6 Å². The lowest BCUT2D eigenvalue weighted by molar-refractivity contribution is 0.252. The predicted molar refractivity (Wildman–Crippen MR) is 76.6 cm³/mol. The van der Waals surface area contributed by atoms with Gasteiger partial charge in [-0.1, -0.05) is 0 Å². The Morgan fingerprint density at radius 2 is 1.83 bits per heavy atom. The standard InChI is InChI=1S/C11H23N3O2S2/c15-18(16,14-4-1-9-17-10-7-14)11-8-13-5-2-12-3-6-13/h12H,1-11H2.